The Labute approximate surface area is 226 Å². The molecule has 0 saturated carbocycles. The van der Waals surface area contributed by atoms with Gasteiger partial charge in [-0.2, -0.15) is 0 Å². The van der Waals surface area contributed by atoms with E-state index in [2.05, 4.69) is 15.9 Å². The summed E-state index contributed by atoms with van der Waals surface area (Å²) in [5, 5.41) is -0.371. The van der Waals surface area contributed by atoms with E-state index in [-0.39, 0.29) is 34.8 Å². The number of carbonyl (C=O) groups is 3. The summed E-state index contributed by atoms with van der Waals surface area (Å²) in [5.41, 5.74) is 0.919. The molecule has 0 unspecified atom stereocenters. The molecular formula is C27H22BrNO7S. The Bertz CT molecular complexity index is 1340. The molecule has 1 saturated heterocycles. The number of ether oxygens (including phenoxy) is 4. The summed E-state index contributed by atoms with van der Waals surface area (Å²) in [6.07, 6.45) is 1.59. The number of nitrogens with zero attached hydrogens (tertiary/aromatic N) is 1. The van der Waals surface area contributed by atoms with E-state index in [9.17, 15) is 14.4 Å². The van der Waals surface area contributed by atoms with E-state index in [0.717, 1.165) is 16.7 Å². The number of thioether (sulfide) groups is 1. The maximum atomic E-state index is 12.9. The van der Waals surface area contributed by atoms with Crippen LogP contribution in [0.3, 0.4) is 0 Å². The van der Waals surface area contributed by atoms with E-state index in [1.807, 2.05) is 18.2 Å². The molecule has 0 bridgehead atoms. The zero-order valence-corrected chi connectivity index (χ0v) is 22.3. The normalized spacial score (nSPS) is 14.1. The smallest absolute Gasteiger partial charge is 0.343 e. The van der Waals surface area contributed by atoms with Crippen LogP contribution in [0, 0.1) is 0 Å². The van der Waals surface area contributed by atoms with Crippen molar-refractivity contribution in [3.63, 3.8) is 0 Å². The first kappa shape index (κ1) is 26.3. The summed E-state index contributed by atoms with van der Waals surface area (Å²) in [5.74, 6) is 0.761. The number of amides is 2. The second kappa shape index (κ2) is 12.0. The van der Waals surface area contributed by atoms with Crippen molar-refractivity contribution in [1.29, 1.82) is 0 Å². The molecule has 1 aliphatic heterocycles. The maximum Gasteiger partial charge on any atom is 0.343 e. The highest BCUT2D eigenvalue weighted by Gasteiger charge is 2.35. The highest BCUT2D eigenvalue weighted by Crippen LogP contribution is 2.39. The predicted octanol–water partition coefficient (Wildman–Crippen LogP) is 5.80. The Morgan fingerprint density at radius 2 is 1.70 bits per heavy atom. The number of para-hydroxylation sites is 1. The highest BCUT2D eigenvalue weighted by atomic mass is 79.9. The molecule has 4 rings (SSSR count). The van der Waals surface area contributed by atoms with E-state index >= 15 is 0 Å². The minimum Gasteiger partial charge on any atom is -0.497 e. The van der Waals surface area contributed by atoms with Gasteiger partial charge in [0.1, 0.15) is 18.1 Å². The summed E-state index contributed by atoms with van der Waals surface area (Å²) in [4.78, 5) is 39.3. The van der Waals surface area contributed by atoms with E-state index < -0.39 is 11.9 Å². The average Bonchev–Trinajstić information content (AvgIpc) is 3.17. The molecule has 0 atom stereocenters. The van der Waals surface area contributed by atoms with E-state index in [4.69, 9.17) is 18.9 Å². The number of rotatable bonds is 9. The van der Waals surface area contributed by atoms with Crippen LogP contribution < -0.4 is 18.9 Å². The number of hydrogen-bond donors (Lipinski definition) is 0. The molecule has 0 radical (unpaired) electrons. The molecule has 3 aromatic rings. The lowest BCUT2D eigenvalue weighted by molar-refractivity contribution is -0.123. The van der Waals surface area contributed by atoms with Crippen molar-refractivity contribution in [1.82, 2.24) is 4.90 Å². The number of hydrogen-bond acceptors (Lipinski definition) is 8. The summed E-state index contributed by atoms with van der Waals surface area (Å²) in [6.45, 7) is 0.313. The van der Waals surface area contributed by atoms with E-state index in [0.29, 0.717) is 27.1 Å². The van der Waals surface area contributed by atoms with Crippen LogP contribution in [0.5, 0.6) is 23.0 Å². The van der Waals surface area contributed by atoms with Gasteiger partial charge >= 0.3 is 5.97 Å². The van der Waals surface area contributed by atoms with Crippen LogP contribution in [0.15, 0.2) is 76.1 Å². The number of halogens is 1. The van der Waals surface area contributed by atoms with Crippen molar-refractivity contribution in [3.05, 3.63) is 87.2 Å². The third-order valence-electron chi connectivity index (χ3n) is 5.27. The molecule has 0 spiro atoms. The van der Waals surface area contributed by atoms with Crippen LogP contribution in [0.4, 0.5) is 4.79 Å². The SMILES string of the molecule is COc1ccc(C(=O)Oc2c(Br)cc(/C=C3\SC(=O)N(CCOc4ccccc4)C3=O)cc2OC)cc1. The first-order chi connectivity index (χ1) is 17.9. The van der Waals surface area contributed by atoms with E-state index in [1.165, 1.54) is 14.2 Å². The lowest BCUT2D eigenvalue weighted by Gasteiger charge is -2.13. The van der Waals surface area contributed by atoms with Crippen molar-refractivity contribution in [3.8, 4) is 23.0 Å². The van der Waals surface area contributed by atoms with Crippen LogP contribution in [0.2, 0.25) is 0 Å². The number of methoxy groups -OCH3 is 2. The third-order valence-corrected chi connectivity index (χ3v) is 6.77. The Kier molecular flexibility index (Phi) is 8.52. The quantitative estimate of drug-likeness (QED) is 0.177. The lowest BCUT2D eigenvalue weighted by atomic mass is 10.1. The molecule has 2 amide bonds. The average molecular weight is 584 g/mol. The number of imide groups is 1. The molecule has 10 heteroatoms. The molecule has 0 aromatic heterocycles. The fourth-order valence-electron chi connectivity index (χ4n) is 3.42. The van der Waals surface area contributed by atoms with E-state index in [1.54, 1.807) is 54.6 Å². The van der Waals surface area contributed by atoms with Crippen molar-refractivity contribution in [2.75, 3.05) is 27.4 Å². The van der Waals surface area contributed by atoms with Gasteiger partial charge in [-0.05, 0) is 87.9 Å². The van der Waals surface area contributed by atoms with Gasteiger partial charge in [0, 0.05) is 0 Å². The minimum atomic E-state index is -0.576. The first-order valence-electron chi connectivity index (χ1n) is 11.1. The number of carbonyl (C=O) groups excluding carboxylic acids is 3. The summed E-state index contributed by atoms with van der Waals surface area (Å²) in [6, 6.07) is 19.0. The van der Waals surface area contributed by atoms with Gasteiger partial charge in [0.05, 0.1) is 35.7 Å². The molecule has 8 nitrogen and oxygen atoms in total. The number of benzene rings is 3. The van der Waals surface area contributed by atoms with Gasteiger partial charge in [-0.1, -0.05) is 18.2 Å². The summed E-state index contributed by atoms with van der Waals surface area (Å²) < 4.78 is 22.1. The van der Waals surface area contributed by atoms with Crippen LogP contribution in [0.25, 0.3) is 6.08 Å². The first-order valence-corrected chi connectivity index (χ1v) is 12.7. The fourth-order valence-corrected chi connectivity index (χ4v) is 4.82. The van der Waals surface area contributed by atoms with Crippen molar-refractivity contribution in [2.45, 2.75) is 0 Å². The molecule has 37 heavy (non-hydrogen) atoms. The monoisotopic (exact) mass is 583 g/mol. The summed E-state index contributed by atoms with van der Waals surface area (Å²) >= 11 is 4.26. The molecule has 3 aromatic carbocycles. The Balaban J connectivity index is 1.47. The molecular weight excluding hydrogens is 562 g/mol. The van der Waals surface area contributed by atoms with Gasteiger partial charge < -0.3 is 18.9 Å². The maximum absolute atomic E-state index is 12.9. The standard InChI is InChI=1S/C27H22BrNO7S/c1-33-19-10-8-18(9-11-19)26(31)36-24-21(28)14-17(15-22(24)34-2)16-23-25(30)29(27(32)37-23)12-13-35-20-6-4-3-5-7-20/h3-11,14-16H,12-13H2,1-2H3/b23-16-. The lowest BCUT2D eigenvalue weighted by Crippen LogP contribution is -2.32. The predicted molar refractivity (Wildman–Crippen MR) is 143 cm³/mol. The zero-order valence-electron chi connectivity index (χ0n) is 19.9. The Hall–Kier alpha value is -3.76. The largest absolute Gasteiger partial charge is 0.497 e. The Morgan fingerprint density at radius 3 is 2.38 bits per heavy atom. The van der Waals surface area contributed by atoms with Crippen LogP contribution in [-0.2, 0) is 4.79 Å². The molecule has 1 heterocycles. The highest BCUT2D eigenvalue weighted by molar-refractivity contribution is 9.10. The van der Waals surface area contributed by atoms with Gasteiger partial charge in [0.15, 0.2) is 11.5 Å². The van der Waals surface area contributed by atoms with Gasteiger partial charge in [-0.25, -0.2) is 4.79 Å². The van der Waals surface area contributed by atoms with Crippen LogP contribution in [-0.4, -0.2) is 49.4 Å². The van der Waals surface area contributed by atoms with Gasteiger partial charge in [0.25, 0.3) is 11.1 Å². The third kappa shape index (κ3) is 6.33. The van der Waals surface area contributed by atoms with Crippen LogP contribution in [0.1, 0.15) is 15.9 Å². The second-order valence-corrected chi connectivity index (χ2v) is 9.49. The van der Waals surface area contributed by atoms with Crippen molar-refractivity contribution in [2.24, 2.45) is 0 Å². The molecule has 190 valence electrons. The van der Waals surface area contributed by atoms with Gasteiger partial charge in [-0.15, -0.1) is 0 Å². The molecule has 0 N–H and O–H groups in total. The Morgan fingerprint density at radius 1 is 0.973 bits per heavy atom. The number of esters is 1. The van der Waals surface area contributed by atoms with Gasteiger partial charge in [-0.3, -0.25) is 14.5 Å². The van der Waals surface area contributed by atoms with Crippen molar-refractivity contribution < 1.29 is 33.3 Å². The molecule has 1 fully saturated rings. The zero-order chi connectivity index (χ0) is 26.4. The molecule has 0 aliphatic carbocycles. The second-order valence-electron chi connectivity index (χ2n) is 7.65. The molecule has 1 aliphatic rings. The van der Waals surface area contributed by atoms with Crippen LogP contribution >= 0.6 is 27.7 Å². The van der Waals surface area contributed by atoms with Crippen molar-refractivity contribution >= 4 is 50.9 Å². The fraction of sp³-hybridized carbons (Fsp3) is 0.148. The summed E-state index contributed by atoms with van der Waals surface area (Å²) in [7, 11) is 2.98. The minimum absolute atomic E-state index is 0.129. The van der Waals surface area contributed by atoms with Gasteiger partial charge in [0.2, 0.25) is 0 Å². The topological polar surface area (TPSA) is 91.4 Å².